The van der Waals surface area contributed by atoms with Gasteiger partial charge in [-0.2, -0.15) is 0 Å². The molecule has 0 saturated carbocycles. The van der Waals surface area contributed by atoms with Gasteiger partial charge in [0.15, 0.2) is 6.10 Å². The summed E-state index contributed by atoms with van der Waals surface area (Å²) in [4.78, 5) is 12.3. The monoisotopic (exact) mass is 357 g/mol. The van der Waals surface area contributed by atoms with Crippen LogP contribution < -0.4 is 19.5 Å². The van der Waals surface area contributed by atoms with Crippen LogP contribution in [0.4, 0.5) is 0 Å². The summed E-state index contributed by atoms with van der Waals surface area (Å²) in [5.41, 5.74) is 2.31. The first-order chi connectivity index (χ1) is 12.5. The maximum atomic E-state index is 12.3. The molecule has 1 amide bonds. The molecule has 0 fully saturated rings. The molecule has 0 saturated heterocycles. The van der Waals surface area contributed by atoms with E-state index >= 15 is 0 Å². The molecule has 0 bridgehead atoms. The van der Waals surface area contributed by atoms with Gasteiger partial charge in [-0.15, -0.1) is 0 Å². The highest BCUT2D eigenvalue weighted by atomic mass is 16.5. The van der Waals surface area contributed by atoms with E-state index in [1.54, 1.807) is 13.2 Å². The van der Waals surface area contributed by atoms with Crippen molar-refractivity contribution in [2.45, 2.75) is 33.3 Å². The first-order valence-corrected chi connectivity index (χ1v) is 8.81. The zero-order valence-electron chi connectivity index (χ0n) is 15.9. The van der Waals surface area contributed by atoms with Gasteiger partial charge in [-0.05, 0) is 55.7 Å². The Balaban J connectivity index is 1.81. The number of carbonyl (C=O) groups is 1. The van der Waals surface area contributed by atoms with Gasteiger partial charge in [-0.25, -0.2) is 0 Å². The Hall–Kier alpha value is -2.69. The zero-order valence-corrected chi connectivity index (χ0v) is 15.9. The van der Waals surface area contributed by atoms with Gasteiger partial charge in [0.05, 0.1) is 13.7 Å². The lowest BCUT2D eigenvalue weighted by Crippen LogP contribution is -2.39. The predicted molar refractivity (Wildman–Crippen MR) is 102 cm³/mol. The topological polar surface area (TPSA) is 56.8 Å². The molecule has 5 heteroatoms. The number of ether oxygens (including phenoxy) is 3. The lowest BCUT2D eigenvalue weighted by Gasteiger charge is -2.18. The molecule has 1 N–H and O–H groups in total. The molecule has 0 aromatic heterocycles. The molecule has 0 aliphatic heterocycles. The van der Waals surface area contributed by atoms with Crippen LogP contribution in [0, 0.1) is 13.8 Å². The normalized spacial score (nSPS) is 11.5. The van der Waals surface area contributed by atoms with E-state index in [2.05, 4.69) is 11.4 Å². The SMILES string of the molecule is CCC(Oc1cccc(OC)c1)C(=O)NCCOc1cc(C)cc(C)c1. The minimum absolute atomic E-state index is 0.153. The number of nitrogens with one attached hydrogen (secondary N) is 1. The van der Waals surface area contributed by atoms with E-state index in [-0.39, 0.29) is 5.91 Å². The van der Waals surface area contributed by atoms with Crippen molar-refractivity contribution in [1.29, 1.82) is 0 Å². The van der Waals surface area contributed by atoms with Crippen LogP contribution in [0.3, 0.4) is 0 Å². The molecule has 0 aliphatic rings. The van der Waals surface area contributed by atoms with Crippen molar-refractivity contribution in [2.75, 3.05) is 20.3 Å². The predicted octanol–water partition coefficient (Wildman–Crippen LogP) is 3.66. The molecule has 140 valence electrons. The van der Waals surface area contributed by atoms with Crippen LogP contribution in [-0.2, 0) is 4.79 Å². The Morgan fingerprint density at radius 3 is 2.38 bits per heavy atom. The molecule has 1 unspecified atom stereocenters. The van der Waals surface area contributed by atoms with Crippen molar-refractivity contribution in [1.82, 2.24) is 5.32 Å². The molecular formula is C21H27NO4. The molecule has 26 heavy (non-hydrogen) atoms. The number of amides is 1. The van der Waals surface area contributed by atoms with Crippen molar-refractivity contribution in [3.05, 3.63) is 53.6 Å². The molecule has 0 radical (unpaired) electrons. The van der Waals surface area contributed by atoms with Gasteiger partial charge in [0, 0.05) is 6.07 Å². The molecule has 5 nitrogen and oxygen atoms in total. The lowest BCUT2D eigenvalue weighted by molar-refractivity contribution is -0.128. The quantitative estimate of drug-likeness (QED) is 0.696. The van der Waals surface area contributed by atoms with Crippen molar-refractivity contribution in [3.8, 4) is 17.2 Å². The average molecular weight is 357 g/mol. The Bertz CT molecular complexity index is 709. The smallest absolute Gasteiger partial charge is 0.261 e. The van der Waals surface area contributed by atoms with Crippen molar-refractivity contribution < 1.29 is 19.0 Å². The van der Waals surface area contributed by atoms with Gasteiger partial charge in [-0.1, -0.05) is 19.1 Å². The van der Waals surface area contributed by atoms with Crippen LogP contribution in [0.15, 0.2) is 42.5 Å². The van der Waals surface area contributed by atoms with Gasteiger partial charge in [-0.3, -0.25) is 4.79 Å². The summed E-state index contributed by atoms with van der Waals surface area (Å²) in [6, 6.07) is 13.3. The fraction of sp³-hybridized carbons (Fsp3) is 0.381. The van der Waals surface area contributed by atoms with Gasteiger partial charge in [0.2, 0.25) is 0 Å². The highest BCUT2D eigenvalue weighted by Crippen LogP contribution is 2.20. The number of hydrogen-bond acceptors (Lipinski definition) is 4. The Morgan fingerprint density at radius 2 is 1.73 bits per heavy atom. The van der Waals surface area contributed by atoms with Gasteiger partial charge in [0.1, 0.15) is 23.9 Å². The standard InChI is InChI=1S/C21H27NO4/c1-5-20(26-18-8-6-7-17(14-18)24-4)21(23)22-9-10-25-19-12-15(2)11-16(3)13-19/h6-8,11-14,20H,5,9-10H2,1-4H3,(H,22,23). The molecule has 2 aromatic rings. The fourth-order valence-electron chi connectivity index (χ4n) is 2.63. The van der Waals surface area contributed by atoms with Crippen molar-refractivity contribution in [2.24, 2.45) is 0 Å². The maximum Gasteiger partial charge on any atom is 0.261 e. The molecule has 0 aliphatic carbocycles. The summed E-state index contributed by atoms with van der Waals surface area (Å²) in [7, 11) is 1.60. The number of carbonyl (C=O) groups excluding carboxylic acids is 1. The number of hydrogen-bond donors (Lipinski definition) is 1. The highest BCUT2D eigenvalue weighted by Gasteiger charge is 2.18. The number of rotatable bonds is 9. The Labute approximate surface area is 155 Å². The summed E-state index contributed by atoms with van der Waals surface area (Å²) in [6.07, 6.45) is 0.0179. The third-order valence-corrected chi connectivity index (χ3v) is 3.85. The van der Waals surface area contributed by atoms with E-state index in [1.807, 2.05) is 51.1 Å². The second-order valence-electron chi connectivity index (χ2n) is 6.16. The fourth-order valence-corrected chi connectivity index (χ4v) is 2.63. The van der Waals surface area contributed by atoms with Crippen LogP contribution in [0.25, 0.3) is 0 Å². The summed E-state index contributed by atoms with van der Waals surface area (Å²) in [6.45, 7) is 6.80. The maximum absolute atomic E-state index is 12.3. The molecular weight excluding hydrogens is 330 g/mol. The molecule has 1 atom stereocenters. The van der Waals surface area contributed by atoms with E-state index in [0.717, 1.165) is 16.9 Å². The van der Waals surface area contributed by atoms with E-state index < -0.39 is 6.10 Å². The second-order valence-corrected chi connectivity index (χ2v) is 6.16. The van der Waals surface area contributed by atoms with Gasteiger partial charge >= 0.3 is 0 Å². The molecule has 0 heterocycles. The van der Waals surface area contributed by atoms with E-state index in [0.29, 0.717) is 31.1 Å². The van der Waals surface area contributed by atoms with Crippen molar-refractivity contribution in [3.63, 3.8) is 0 Å². The number of aryl methyl sites for hydroxylation is 2. The number of methoxy groups -OCH3 is 1. The summed E-state index contributed by atoms with van der Waals surface area (Å²) >= 11 is 0. The van der Waals surface area contributed by atoms with E-state index in [9.17, 15) is 4.79 Å². The first-order valence-electron chi connectivity index (χ1n) is 8.81. The molecule has 2 aromatic carbocycles. The van der Waals surface area contributed by atoms with E-state index in [1.165, 1.54) is 0 Å². The minimum Gasteiger partial charge on any atom is -0.497 e. The van der Waals surface area contributed by atoms with Crippen LogP contribution in [0.1, 0.15) is 24.5 Å². The minimum atomic E-state index is -0.552. The Kier molecular flexibility index (Phi) is 7.33. The number of benzene rings is 2. The average Bonchev–Trinajstić information content (AvgIpc) is 2.62. The summed E-state index contributed by atoms with van der Waals surface area (Å²) in [5, 5.41) is 2.86. The van der Waals surface area contributed by atoms with E-state index in [4.69, 9.17) is 14.2 Å². The molecule has 2 rings (SSSR count). The van der Waals surface area contributed by atoms with Gasteiger partial charge in [0.25, 0.3) is 5.91 Å². The summed E-state index contributed by atoms with van der Waals surface area (Å²) in [5.74, 6) is 1.97. The lowest BCUT2D eigenvalue weighted by atomic mass is 10.1. The zero-order chi connectivity index (χ0) is 18.9. The third kappa shape index (κ3) is 5.99. The van der Waals surface area contributed by atoms with Gasteiger partial charge < -0.3 is 19.5 Å². The van der Waals surface area contributed by atoms with Crippen LogP contribution in [0.5, 0.6) is 17.2 Å². The highest BCUT2D eigenvalue weighted by molar-refractivity contribution is 5.81. The largest absolute Gasteiger partial charge is 0.497 e. The van der Waals surface area contributed by atoms with Crippen LogP contribution >= 0.6 is 0 Å². The molecule has 0 spiro atoms. The Morgan fingerprint density at radius 1 is 1.04 bits per heavy atom. The van der Waals surface area contributed by atoms with Crippen LogP contribution in [-0.4, -0.2) is 32.3 Å². The van der Waals surface area contributed by atoms with Crippen molar-refractivity contribution >= 4 is 5.91 Å². The third-order valence-electron chi connectivity index (χ3n) is 3.85. The second kappa shape index (κ2) is 9.70. The van der Waals surface area contributed by atoms with Crippen LogP contribution in [0.2, 0.25) is 0 Å². The first kappa shape index (κ1) is 19.6. The summed E-state index contributed by atoms with van der Waals surface area (Å²) < 4.78 is 16.7.